The zero-order chi connectivity index (χ0) is 23.1. The Kier molecular flexibility index (Phi) is 4.31. The highest BCUT2D eigenvalue weighted by Gasteiger charge is 2.69. The summed E-state index contributed by atoms with van der Waals surface area (Å²) in [5.74, 6) is 1.91. The van der Waals surface area contributed by atoms with E-state index in [4.69, 9.17) is 9.47 Å². The van der Waals surface area contributed by atoms with Crippen molar-refractivity contribution in [3.8, 4) is 5.75 Å². The summed E-state index contributed by atoms with van der Waals surface area (Å²) in [6.45, 7) is 4.50. The Balaban J connectivity index is 0.931. The summed E-state index contributed by atoms with van der Waals surface area (Å²) >= 11 is 0. The van der Waals surface area contributed by atoms with Crippen LogP contribution in [0.5, 0.6) is 5.75 Å². The number of piperidine rings is 1. The third kappa shape index (κ3) is 3.14. The van der Waals surface area contributed by atoms with Crippen LogP contribution in [0.25, 0.3) is 0 Å². The van der Waals surface area contributed by atoms with Crippen LogP contribution in [-0.2, 0) is 24.2 Å². The van der Waals surface area contributed by atoms with Crippen molar-refractivity contribution >= 4 is 17.7 Å². The number of rotatable bonds is 4. The number of hydrogen-bond donors (Lipinski definition) is 1. The van der Waals surface area contributed by atoms with Gasteiger partial charge in [-0.3, -0.25) is 24.2 Å². The van der Waals surface area contributed by atoms with Gasteiger partial charge in [-0.1, -0.05) is 0 Å². The highest BCUT2D eigenvalue weighted by molar-refractivity contribution is 5.82. The van der Waals surface area contributed by atoms with E-state index in [1.54, 1.807) is 6.07 Å². The molecular formula is C26H30N6O3. The van der Waals surface area contributed by atoms with Crippen molar-refractivity contribution in [3.63, 3.8) is 0 Å². The number of aromatic nitrogens is 2. The normalized spacial score (nSPS) is 32.6. The number of nitrogens with one attached hydrogen (secondary N) is 1. The maximum atomic E-state index is 12.7. The molecule has 0 aromatic carbocycles. The van der Waals surface area contributed by atoms with E-state index in [9.17, 15) is 4.79 Å². The number of fused-ring (bicyclic) bond motifs is 4. The van der Waals surface area contributed by atoms with Gasteiger partial charge in [-0.05, 0) is 49.8 Å². The molecule has 0 bridgehead atoms. The fraction of sp³-hybridized carbons (Fsp3) is 0.577. The fourth-order valence-corrected chi connectivity index (χ4v) is 6.82. The second-order valence-corrected chi connectivity index (χ2v) is 10.9. The summed E-state index contributed by atoms with van der Waals surface area (Å²) in [6, 6.07) is 6.69. The standard InChI is InChI=1S/C26H30N6O3/c33-23-4-3-19-24-31(23)15-26(32(24)25-21(35-25)14-29-19)11-22(26)30-7-5-17(6-8-30)27-12-18-10-16-2-1-9-34-20(16)13-28-18/h3-4,10,13-14,17,21-22,25,27H,1-2,5-9,11-12,15H2/t21?,22-,25?,26?/m1/s1. The number of likely N-dealkylation sites (tertiary alicyclic amines) is 1. The summed E-state index contributed by atoms with van der Waals surface area (Å²) in [7, 11) is 0. The van der Waals surface area contributed by atoms with E-state index < -0.39 is 0 Å². The van der Waals surface area contributed by atoms with Crippen molar-refractivity contribution in [1.82, 2.24) is 19.8 Å². The van der Waals surface area contributed by atoms with Crippen LogP contribution in [0.3, 0.4) is 0 Å². The Morgan fingerprint density at radius 2 is 2.14 bits per heavy atom. The molecule has 6 aliphatic rings. The van der Waals surface area contributed by atoms with Gasteiger partial charge in [0.2, 0.25) is 0 Å². The SMILES string of the molecule is O=c1ccc2c3n1CC1(C[C@H]1N1CCC(NCc4cc5c(cn4)OCCC5)CC1)N3C1OC1C=N2. The molecule has 9 nitrogen and oxygen atoms in total. The molecule has 4 atom stereocenters. The molecule has 8 rings (SSSR count). The highest BCUT2D eigenvalue weighted by Crippen LogP contribution is 2.58. The topological polar surface area (TPSA) is 87.5 Å². The molecule has 1 N–H and O–H groups in total. The average Bonchev–Trinajstić information content (AvgIpc) is 3.78. The molecule has 2 aromatic heterocycles. The Morgan fingerprint density at radius 1 is 1.23 bits per heavy atom. The summed E-state index contributed by atoms with van der Waals surface area (Å²) in [4.78, 5) is 27.0. The summed E-state index contributed by atoms with van der Waals surface area (Å²) in [5, 5.41) is 3.74. The van der Waals surface area contributed by atoms with Crippen LogP contribution in [0, 0.1) is 0 Å². The molecule has 0 amide bonds. The molecule has 0 radical (unpaired) electrons. The molecule has 1 spiro atoms. The van der Waals surface area contributed by atoms with Crippen LogP contribution in [-0.4, -0.2) is 70.3 Å². The molecule has 182 valence electrons. The van der Waals surface area contributed by atoms with Crippen molar-refractivity contribution in [1.29, 1.82) is 0 Å². The zero-order valence-electron chi connectivity index (χ0n) is 19.7. The summed E-state index contributed by atoms with van der Waals surface area (Å²) in [6.07, 6.45) is 9.36. The zero-order valence-corrected chi connectivity index (χ0v) is 19.7. The molecule has 3 unspecified atom stereocenters. The van der Waals surface area contributed by atoms with Crippen molar-refractivity contribution in [2.24, 2.45) is 4.99 Å². The van der Waals surface area contributed by atoms with Gasteiger partial charge in [0, 0.05) is 44.0 Å². The molecule has 9 heteroatoms. The minimum atomic E-state index is -0.0369. The van der Waals surface area contributed by atoms with Crippen LogP contribution < -0.4 is 20.5 Å². The number of nitrogens with zero attached hydrogens (tertiary/aromatic N) is 5. The summed E-state index contributed by atoms with van der Waals surface area (Å²) < 4.78 is 13.6. The number of pyridine rings is 2. The van der Waals surface area contributed by atoms with Gasteiger partial charge in [0.25, 0.3) is 5.56 Å². The van der Waals surface area contributed by atoms with Gasteiger partial charge < -0.3 is 19.7 Å². The first-order valence-electron chi connectivity index (χ1n) is 13.0. The van der Waals surface area contributed by atoms with Crippen molar-refractivity contribution < 1.29 is 9.47 Å². The number of epoxide rings is 1. The summed E-state index contributed by atoms with van der Waals surface area (Å²) in [5.41, 5.74) is 3.32. The monoisotopic (exact) mass is 474 g/mol. The Bertz CT molecular complexity index is 1280. The van der Waals surface area contributed by atoms with Gasteiger partial charge in [-0.25, -0.2) is 0 Å². The van der Waals surface area contributed by atoms with E-state index in [-0.39, 0.29) is 23.4 Å². The molecule has 3 fully saturated rings. The number of hydrogen-bond acceptors (Lipinski definition) is 8. The van der Waals surface area contributed by atoms with E-state index in [1.807, 2.05) is 23.0 Å². The number of anilines is 1. The first-order chi connectivity index (χ1) is 17.2. The van der Waals surface area contributed by atoms with Crippen LogP contribution in [0.15, 0.2) is 34.2 Å². The highest BCUT2D eigenvalue weighted by atomic mass is 16.6. The molecular weight excluding hydrogens is 444 g/mol. The molecule has 7 heterocycles. The lowest BCUT2D eigenvalue weighted by molar-refractivity contribution is 0.173. The van der Waals surface area contributed by atoms with Gasteiger partial charge in [0.15, 0.2) is 6.23 Å². The van der Waals surface area contributed by atoms with E-state index >= 15 is 0 Å². The van der Waals surface area contributed by atoms with Gasteiger partial charge in [0.05, 0.1) is 30.6 Å². The average molecular weight is 475 g/mol. The third-order valence-electron chi connectivity index (χ3n) is 8.79. The second-order valence-electron chi connectivity index (χ2n) is 10.9. The molecule has 2 aromatic rings. The second kappa shape index (κ2) is 7.38. The van der Waals surface area contributed by atoms with Crippen molar-refractivity contribution in [2.45, 2.75) is 75.1 Å². The molecule has 2 saturated heterocycles. The fourth-order valence-electron chi connectivity index (χ4n) is 6.82. The van der Waals surface area contributed by atoms with Crippen LogP contribution in [0.2, 0.25) is 0 Å². The Labute approximate surface area is 203 Å². The maximum absolute atomic E-state index is 12.7. The quantitative estimate of drug-likeness (QED) is 0.674. The maximum Gasteiger partial charge on any atom is 0.252 e. The van der Waals surface area contributed by atoms with Crippen molar-refractivity contribution in [2.75, 3.05) is 24.6 Å². The Morgan fingerprint density at radius 3 is 3.06 bits per heavy atom. The van der Waals surface area contributed by atoms with Crippen LogP contribution in [0.4, 0.5) is 11.5 Å². The van der Waals surface area contributed by atoms with Gasteiger partial charge in [-0.2, -0.15) is 0 Å². The number of aliphatic imine (C=N–C) groups is 1. The first kappa shape index (κ1) is 20.4. The van der Waals surface area contributed by atoms with E-state index in [2.05, 4.69) is 31.2 Å². The molecule has 5 aliphatic heterocycles. The lowest BCUT2D eigenvalue weighted by Gasteiger charge is -2.35. The van der Waals surface area contributed by atoms with Gasteiger partial charge in [0.1, 0.15) is 23.4 Å². The smallest absolute Gasteiger partial charge is 0.252 e. The lowest BCUT2D eigenvalue weighted by atomic mass is 10.0. The van der Waals surface area contributed by atoms with Gasteiger partial charge in [-0.15, -0.1) is 0 Å². The lowest BCUT2D eigenvalue weighted by Crippen LogP contribution is -2.49. The van der Waals surface area contributed by atoms with Gasteiger partial charge >= 0.3 is 0 Å². The van der Waals surface area contributed by atoms with Crippen molar-refractivity contribution in [3.05, 3.63) is 46.0 Å². The molecule has 35 heavy (non-hydrogen) atoms. The predicted molar refractivity (Wildman–Crippen MR) is 131 cm³/mol. The Hall–Kier alpha value is -2.75. The number of aryl methyl sites for hydroxylation is 1. The minimum Gasteiger partial charge on any atom is -0.492 e. The van der Waals surface area contributed by atoms with E-state index in [0.717, 1.165) is 87.8 Å². The van der Waals surface area contributed by atoms with Crippen LogP contribution in [0.1, 0.15) is 36.9 Å². The third-order valence-corrected chi connectivity index (χ3v) is 8.79. The van der Waals surface area contributed by atoms with E-state index in [1.165, 1.54) is 5.56 Å². The number of ether oxygens (including phenoxy) is 2. The first-order valence-corrected chi connectivity index (χ1v) is 13.0. The molecule has 1 saturated carbocycles. The predicted octanol–water partition coefficient (Wildman–Crippen LogP) is 1.59. The van der Waals surface area contributed by atoms with E-state index in [0.29, 0.717) is 12.1 Å². The largest absolute Gasteiger partial charge is 0.492 e. The van der Waals surface area contributed by atoms with Crippen LogP contribution >= 0.6 is 0 Å². The minimum absolute atomic E-state index is 0.0225. The molecule has 1 aliphatic carbocycles.